The van der Waals surface area contributed by atoms with Crippen LogP contribution in [0.2, 0.25) is 0 Å². The summed E-state index contributed by atoms with van der Waals surface area (Å²) in [5.74, 6) is 2.75. The highest BCUT2D eigenvalue weighted by molar-refractivity contribution is 14.1. The Morgan fingerprint density at radius 3 is 2.62 bits per heavy atom. The number of rotatable bonds is 4. The first-order chi connectivity index (χ1) is 12.6. The molecule has 0 spiro atoms. The molecule has 26 heavy (non-hydrogen) atoms. The maximum Gasteiger partial charge on any atom is 0.235 e. The van der Waals surface area contributed by atoms with Gasteiger partial charge in [0.05, 0.1) is 20.9 Å². The molecule has 0 atom stereocenters. The molecule has 0 radical (unpaired) electrons. The van der Waals surface area contributed by atoms with Crippen molar-refractivity contribution in [3.05, 3.63) is 64.4 Å². The number of benzene rings is 2. The molecule has 0 N–H and O–H groups in total. The van der Waals surface area contributed by atoms with Gasteiger partial charge in [0.25, 0.3) is 0 Å². The molecule has 7 heteroatoms. The highest BCUT2D eigenvalue weighted by atomic mass is 127. The monoisotopic (exact) mass is 458 g/mol. The van der Waals surface area contributed by atoms with Crippen LogP contribution in [0.5, 0.6) is 23.1 Å². The molecule has 0 fully saturated rings. The highest BCUT2D eigenvalue weighted by Crippen LogP contribution is 2.31. The minimum absolute atomic E-state index is 0.536. The van der Waals surface area contributed by atoms with Crippen molar-refractivity contribution in [2.24, 2.45) is 7.05 Å². The van der Waals surface area contributed by atoms with Gasteiger partial charge in [-0.15, -0.1) is 0 Å². The summed E-state index contributed by atoms with van der Waals surface area (Å²) in [7, 11) is 1.97. The van der Waals surface area contributed by atoms with E-state index in [4.69, 9.17) is 9.47 Å². The third-order valence-electron chi connectivity index (χ3n) is 3.92. The molecule has 0 bridgehead atoms. The minimum atomic E-state index is 0.536. The van der Waals surface area contributed by atoms with Gasteiger partial charge in [-0.1, -0.05) is 0 Å². The predicted octanol–water partition coefficient (Wildman–Crippen LogP) is 4.86. The highest BCUT2D eigenvalue weighted by Gasteiger charge is 2.08. The van der Waals surface area contributed by atoms with E-state index in [0.717, 1.165) is 31.7 Å². The molecule has 6 nitrogen and oxygen atoms in total. The Morgan fingerprint density at radius 1 is 1.00 bits per heavy atom. The molecule has 2 aromatic carbocycles. The van der Waals surface area contributed by atoms with Crippen LogP contribution in [0.1, 0.15) is 5.56 Å². The second-order valence-electron chi connectivity index (χ2n) is 5.81. The smallest absolute Gasteiger partial charge is 0.235 e. The summed E-state index contributed by atoms with van der Waals surface area (Å²) in [5, 5.41) is 0. The van der Waals surface area contributed by atoms with E-state index in [0.29, 0.717) is 11.6 Å². The average Bonchev–Trinajstić information content (AvgIpc) is 3.00. The first-order valence-electron chi connectivity index (χ1n) is 7.93. The van der Waals surface area contributed by atoms with Gasteiger partial charge in [-0.05, 0) is 65.4 Å². The van der Waals surface area contributed by atoms with Crippen molar-refractivity contribution >= 4 is 33.6 Å². The van der Waals surface area contributed by atoms with Crippen molar-refractivity contribution in [1.82, 2.24) is 19.5 Å². The summed E-state index contributed by atoms with van der Waals surface area (Å²) in [6.07, 6.45) is 4.97. The lowest BCUT2D eigenvalue weighted by Gasteiger charge is -2.11. The SMILES string of the molecule is Cc1cc(Oc2ncncc2I)ccc1Oc1ccc2c(c1)ncn2C. The number of hydrogen-bond acceptors (Lipinski definition) is 5. The van der Waals surface area contributed by atoms with E-state index in [1.807, 2.05) is 54.9 Å². The zero-order valence-electron chi connectivity index (χ0n) is 14.2. The molecule has 0 saturated carbocycles. The van der Waals surface area contributed by atoms with E-state index < -0.39 is 0 Å². The predicted molar refractivity (Wildman–Crippen MR) is 107 cm³/mol. The minimum Gasteiger partial charge on any atom is -0.457 e. The van der Waals surface area contributed by atoms with Gasteiger partial charge in [-0.3, -0.25) is 0 Å². The zero-order valence-corrected chi connectivity index (χ0v) is 16.3. The average molecular weight is 458 g/mol. The van der Waals surface area contributed by atoms with Crippen molar-refractivity contribution in [2.45, 2.75) is 6.92 Å². The molecule has 0 amide bonds. The Morgan fingerprint density at radius 2 is 1.81 bits per heavy atom. The van der Waals surface area contributed by atoms with Crippen LogP contribution in [0, 0.1) is 10.5 Å². The normalized spacial score (nSPS) is 10.9. The van der Waals surface area contributed by atoms with Crippen molar-refractivity contribution in [3.63, 3.8) is 0 Å². The number of ether oxygens (including phenoxy) is 2. The van der Waals surface area contributed by atoms with Crippen LogP contribution in [0.3, 0.4) is 0 Å². The van der Waals surface area contributed by atoms with E-state index >= 15 is 0 Å². The second-order valence-corrected chi connectivity index (χ2v) is 6.98. The molecule has 0 aliphatic heterocycles. The summed E-state index contributed by atoms with van der Waals surface area (Å²) < 4.78 is 14.7. The molecule has 2 aromatic heterocycles. The number of halogens is 1. The first kappa shape index (κ1) is 16.8. The molecule has 0 aliphatic carbocycles. The molecule has 2 heterocycles. The number of aromatic nitrogens is 4. The van der Waals surface area contributed by atoms with Crippen LogP contribution < -0.4 is 9.47 Å². The Kier molecular flexibility index (Phi) is 4.46. The molecule has 4 aromatic rings. The number of aryl methyl sites for hydroxylation is 2. The van der Waals surface area contributed by atoms with Crippen LogP contribution >= 0.6 is 22.6 Å². The van der Waals surface area contributed by atoms with Crippen LogP contribution in [0.15, 0.2) is 55.2 Å². The Hall–Kier alpha value is -2.68. The van der Waals surface area contributed by atoms with Gasteiger partial charge in [-0.2, -0.15) is 0 Å². The lowest BCUT2D eigenvalue weighted by atomic mass is 10.2. The fourth-order valence-electron chi connectivity index (χ4n) is 2.59. The van der Waals surface area contributed by atoms with Crippen LogP contribution in [0.4, 0.5) is 0 Å². The van der Waals surface area contributed by atoms with Gasteiger partial charge in [0, 0.05) is 19.3 Å². The topological polar surface area (TPSA) is 62.1 Å². The van der Waals surface area contributed by atoms with Crippen LogP contribution in [0.25, 0.3) is 11.0 Å². The van der Waals surface area contributed by atoms with Gasteiger partial charge in [0.15, 0.2) is 0 Å². The van der Waals surface area contributed by atoms with Crippen molar-refractivity contribution in [2.75, 3.05) is 0 Å². The summed E-state index contributed by atoms with van der Waals surface area (Å²) in [5.41, 5.74) is 2.94. The number of fused-ring (bicyclic) bond motifs is 1. The van der Waals surface area contributed by atoms with Crippen LogP contribution in [-0.2, 0) is 7.05 Å². The molecule has 0 aliphatic rings. The summed E-state index contributed by atoms with van der Waals surface area (Å²) in [6.45, 7) is 1.98. The van der Waals surface area contributed by atoms with Gasteiger partial charge < -0.3 is 14.0 Å². The Bertz CT molecular complexity index is 1090. The lowest BCUT2D eigenvalue weighted by Crippen LogP contribution is -1.93. The quantitative estimate of drug-likeness (QED) is 0.409. The fourth-order valence-corrected chi connectivity index (χ4v) is 3.00. The zero-order chi connectivity index (χ0) is 18.1. The van der Waals surface area contributed by atoms with Crippen molar-refractivity contribution in [1.29, 1.82) is 0 Å². The van der Waals surface area contributed by atoms with E-state index in [1.165, 1.54) is 6.33 Å². The molecular formula is C19H15IN4O2. The summed E-state index contributed by atoms with van der Waals surface area (Å²) >= 11 is 2.14. The number of imidazole rings is 1. The van der Waals surface area contributed by atoms with Gasteiger partial charge in [0.1, 0.15) is 23.6 Å². The van der Waals surface area contributed by atoms with Gasteiger partial charge in [-0.25, -0.2) is 15.0 Å². The van der Waals surface area contributed by atoms with E-state index in [-0.39, 0.29) is 0 Å². The van der Waals surface area contributed by atoms with E-state index in [2.05, 4.69) is 37.5 Å². The third-order valence-corrected chi connectivity index (χ3v) is 4.66. The third kappa shape index (κ3) is 3.34. The first-order valence-corrected chi connectivity index (χ1v) is 9.01. The molecule has 130 valence electrons. The molecule has 4 rings (SSSR count). The lowest BCUT2D eigenvalue weighted by molar-refractivity contribution is 0.451. The maximum atomic E-state index is 6.02. The maximum absolute atomic E-state index is 6.02. The van der Waals surface area contributed by atoms with Gasteiger partial charge in [0.2, 0.25) is 5.88 Å². The fraction of sp³-hybridized carbons (Fsp3) is 0.105. The number of nitrogens with zero attached hydrogens (tertiary/aromatic N) is 4. The molecular weight excluding hydrogens is 443 g/mol. The largest absolute Gasteiger partial charge is 0.457 e. The van der Waals surface area contributed by atoms with E-state index in [1.54, 1.807) is 12.5 Å². The van der Waals surface area contributed by atoms with Gasteiger partial charge >= 0.3 is 0 Å². The van der Waals surface area contributed by atoms with Crippen molar-refractivity contribution < 1.29 is 9.47 Å². The second kappa shape index (κ2) is 6.91. The Balaban J connectivity index is 1.56. The van der Waals surface area contributed by atoms with Crippen molar-refractivity contribution in [3.8, 4) is 23.1 Å². The summed E-state index contributed by atoms with van der Waals surface area (Å²) in [4.78, 5) is 12.5. The molecule has 0 saturated heterocycles. The summed E-state index contributed by atoms with van der Waals surface area (Å²) in [6, 6.07) is 11.6. The van der Waals surface area contributed by atoms with E-state index in [9.17, 15) is 0 Å². The standard InChI is InChI=1S/C19H15IN4O2/c1-12-7-13(26-19-15(20)9-21-10-22-19)4-6-18(12)25-14-3-5-17-16(8-14)23-11-24(17)2/h3-11H,1-2H3. The Labute approximate surface area is 164 Å². The van der Waals surface area contributed by atoms with Crippen LogP contribution in [-0.4, -0.2) is 19.5 Å². The molecule has 0 unspecified atom stereocenters. The number of hydrogen-bond donors (Lipinski definition) is 0.